The molecule has 0 aliphatic carbocycles. The van der Waals surface area contributed by atoms with E-state index in [1.165, 1.54) is 0 Å². The smallest absolute Gasteiger partial charge is 0.312 e. The standard InChI is InChI=1S/C17H18Cl2N2O2/c1-17(2,21-20-14-9-7-13(19)8-10-14)15(16(22)23)11-3-5-12(18)6-4-11/h3-10,15,20-21H,1-2H3,(H,22,23). The van der Waals surface area contributed by atoms with Crippen LogP contribution in [0.4, 0.5) is 5.69 Å². The summed E-state index contributed by atoms with van der Waals surface area (Å²) in [5, 5.41) is 10.9. The van der Waals surface area contributed by atoms with Crippen LogP contribution in [0.3, 0.4) is 0 Å². The van der Waals surface area contributed by atoms with Crippen LogP contribution < -0.4 is 10.9 Å². The lowest BCUT2D eigenvalue weighted by molar-refractivity contribution is -0.140. The van der Waals surface area contributed by atoms with Gasteiger partial charge in [0, 0.05) is 21.3 Å². The van der Waals surface area contributed by atoms with E-state index in [9.17, 15) is 9.90 Å². The van der Waals surface area contributed by atoms with Gasteiger partial charge in [0.05, 0.1) is 0 Å². The number of halogens is 2. The van der Waals surface area contributed by atoms with Crippen LogP contribution in [0.5, 0.6) is 0 Å². The number of benzene rings is 2. The van der Waals surface area contributed by atoms with Crippen LogP contribution in [0.2, 0.25) is 10.0 Å². The number of hydrogen-bond acceptors (Lipinski definition) is 3. The van der Waals surface area contributed by atoms with E-state index in [1.807, 2.05) is 26.0 Å². The Balaban J connectivity index is 2.17. The van der Waals surface area contributed by atoms with Crippen molar-refractivity contribution >= 4 is 34.9 Å². The summed E-state index contributed by atoms with van der Waals surface area (Å²) in [4.78, 5) is 11.8. The van der Waals surface area contributed by atoms with Gasteiger partial charge in [-0.3, -0.25) is 4.79 Å². The number of aliphatic carboxylic acids is 1. The molecule has 6 heteroatoms. The highest BCUT2D eigenvalue weighted by Gasteiger charge is 2.36. The van der Waals surface area contributed by atoms with Crippen molar-refractivity contribution in [3.63, 3.8) is 0 Å². The van der Waals surface area contributed by atoms with Crippen molar-refractivity contribution in [2.45, 2.75) is 25.3 Å². The van der Waals surface area contributed by atoms with Crippen LogP contribution in [-0.4, -0.2) is 16.6 Å². The van der Waals surface area contributed by atoms with Crippen molar-refractivity contribution in [3.05, 3.63) is 64.1 Å². The summed E-state index contributed by atoms with van der Waals surface area (Å²) >= 11 is 11.7. The van der Waals surface area contributed by atoms with Crippen LogP contribution >= 0.6 is 23.2 Å². The Morgan fingerprint density at radius 1 is 1.00 bits per heavy atom. The fraction of sp³-hybridized carbons (Fsp3) is 0.235. The predicted molar refractivity (Wildman–Crippen MR) is 94.1 cm³/mol. The zero-order valence-corrected chi connectivity index (χ0v) is 14.3. The summed E-state index contributed by atoms with van der Waals surface area (Å²) in [5.74, 6) is -1.66. The topological polar surface area (TPSA) is 61.4 Å². The first-order chi connectivity index (χ1) is 10.8. The summed E-state index contributed by atoms with van der Waals surface area (Å²) < 4.78 is 0. The first-order valence-corrected chi connectivity index (χ1v) is 7.82. The number of anilines is 1. The second-order valence-electron chi connectivity index (χ2n) is 5.80. The van der Waals surface area contributed by atoms with E-state index in [0.717, 1.165) is 5.69 Å². The lowest BCUT2D eigenvalue weighted by Gasteiger charge is -2.33. The van der Waals surface area contributed by atoms with Crippen molar-refractivity contribution in [3.8, 4) is 0 Å². The van der Waals surface area contributed by atoms with Crippen LogP contribution in [0, 0.1) is 0 Å². The quantitative estimate of drug-likeness (QED) is 0.667. The molecule has 2 aromatic rings. The summed E-state index contributed by atoms with van der Waals surface area (Å²) in [6.45, 7) is 3.65. The molecular formula is C17H18Cl2N2O2. The highest BCUT2D eigenvalue weighted by Crippen LogP contribution is 2.29. The molecule has 0 saturated heterocycles. The molecule has 0 fully saturated rings. The Bertz CT molecular complexity index is 670. The van der Waals surface area contributed by atoms with Crippen LogP contribution in [0.15, 0.2) is 48.5 Å². The van der Waals surface area contributed by atoms with Crippen molar-refractivity contribution in [1.82, 2.24) is 5.43 Å². The number of carbonyl (C=O) groups is 1. The molecule has 122 valence electrons. The lowest BCUT2D eigenvalue weighted by Crippen LogP contribution is -2.50. The maximum Gasteiger partial charge on any atom is 0.312 e. The van der Waals surface area contributed by atoms with E-state index < -0.39 is 17.4 Å². The first kappa shape index (κ1) is 17.6. The number of nitrogens with one attached hydrogen (secondary N) is 2. The summed E-state index contributed by atoms with van der Waals surface area (Å²) in [6.07, 6.45) is 0. The fourth-order valence-corrected chi connectivity index (χ4v) is 2.61. The molecule has 2 aromatic carbocycles. The molecule has 0 aliphatic rings. The Hall–Kier alpha value is -1.75. The van der Waals surface area contributed by atoms with Crippen molar-refractivity contribution < 1.29 is 9.90 Å². The Kier molecular flexibility index (Phi) is 5.52. The fourth-order valence-electron chi connectivity index (χ4n) is 2.36. The molecule has 0 spiro atoms. The molecule has 0 aromatic heterocycles. The SMILES string of the molecule is CC(C)(NNc1ccc(Cl)cc1)C(C(=O)O)c1ccc(Cl)cc1. The number of carboxylic acid groups (broad SMARTS) is 1. The zero-order valence-electron chi connectivity index (χ0n) is 12.8. The molecule has 0 bridgehead atoms. The number of hydrogen-bond donors (Lipinski definition) is 3. The molecule has 3 N–H and O–H groups in total. The van der Waals surface area contributed by atoms with Crippen molar-refractivity contribution in [2.75, 3.05) is 5.43 Å². The molecule has 2 rings (SSSR count). The van der Waals surface area contributed by atoms with Gasteiger partial charge in [0.2, 0.25) is 0 Å². The molecule has 1 unspecified atom stereocenters. The van der Waals surface area contributed by atoms with E-state index >= 15 is 0 Å². The molecule has 0 saturated carbocycles. The predicted octanol–water partition coefficient (Wildman–Crippen LogP) is 4.56. The zero-order chi connectivity index (χ0) is 17.0. The van der Waals surface area contributed by atoms with Gasteiger partial charge in [0.1, 0.15) is 5.92 Å². The number of hydrazine groups is 1. The highest BCUT2D eigenvalue weighted by molar-refractivity contribution is 6.30. The van der Waals surface area contributed by atoms with Gasteiger partial charge in [0.25, 0.3) is 0 Å². The minimum absolute atomic E-state index is 0.572. The number of rotatable bonds is 6. The van der Waals surface area contributed by atoms with Gasteiger partial charge in [-0.1, -0.05) is 35.3 Å². The van der Waals surface area contributed by atoms with Gasteiger partial charge >= 0.3 is 5.97 Å². The third-order valence-corrected chi connectivity index (χ3v) is 4.05. The van der Waals surface area contributed by atoms with E-state index in [4.69, 9.17) is 23.2 Å². The Morgan fingerprint density at radius 2 is 1.48 bits per heavy atom. The molecule has 0 heterocycles. The average Bonchev–Trinajstić information content (AvgIpc) is 2.48. The number of carboxylic acids is 1. The minimum atomic E-state index is -0.914. The summed E-state index contributed by atoms with van der Waals surface area (Å²) in [7, 11) is 0. The summed E-state index contributed by atoms with van der Waals surface area (Å²) in [5.41, 5.74) is 6.83. The van der Waals surface area contributed by atoms with Crippen LogP contribution in [0.25, 0.3) is 0 Å². The van der Waals surface area contributed by atoms with Crippen LogP contribution in [0.1, 0.15) is 25.3 Å². The third-order valence-electron chi connectivity index (χ3n) is 3.55. The minimum Gasteiger partial charge on any atom is -0.481 e. The van der Waals surface area contributed by atoms with Gasteiger partial charge in [-0.15, -0.1) is 0 Å². The second-order valence-corrected chi connectivity index (χ2v) is 6.67. The van der Waals surface area contributed by atoms with Gasteiger partial charge in [-0.05, 0) is 55.8 Å². The van der Waals surface area contributed by atoms with E-state index in [2.05, 4.69) is 10.9 Å². The van der Waals surface area contributed by atoms with Crippen molar-refractivity contribution in [1.29, 1.82) is 0 Å². The molecule has 0 aliphatic heterocycles. The van der Waals surface area contributed by atoms with Gasteiger partial charge in [0.15, 0.2) is 0 Å². The molecule has 1 atom stereocenters. The normalized spacial score (nSPS) is 12.7. The molecule has 23 heavy (non-hydrogen) atoms. The third kappa shape index (κ3) is 4.61. The van der Waals surface area contributed by atoms with Gasteiger partial charge in [-0.2, -0.15) is 0 Å². The molecule has 0 amide bonds. The molecule has 4 nitrogen and oxygen atoms in total. The van der Waals surface area contributed by atoms with Gasteiger partial charge < -0.3 is 10.5 Å². The first-order valence-electron chi connectivity index (χ1n) is 7.06. The lowest BCUT2D eigenvalue weighted by atomic mass is 9.82. The van der Waals surface area contributed by atoms with Crippen LogP contribution in [-0.2, 0) is 4.79 Å². The maximum absolute atomic E-state index is 11.8. The van der Waals surface area contributed by atoms with E-state index in [1.54, 1.807) is 36.4 Å². The molecular weight excluding hydrogens is 335 g/mol. The maximum atomic E-state index is 11.8. The summed E-state index contributed by atoms with van der Waals surface area (Å²) in [6, 6.07) is 14.0. The van der Waals surface area contributed by atoms with Crippen molar-refractivity contribution in [2.24, 2.45) is 0 Å². The van der Waals surface area contributed by atoms with E-state index in [0.29, 0.717) is 15.6 Å². The average molecular weight is 353 g/mol. The second kappa shape index (κ2) is 7.21. The van der Waals surface area contributed by atoms with Gasteiger partial charge in [-0.25, -0.2) is 5.43 Å². The largest absolute Gasteiger partial charge is 0.481 e. The Morgan fingerprint density at radius 3 is 1.96 bits per heavy atom. The van der Waals surface area contributed by atoms with E-state index in [-0.39, 0.29) is 0 Å². The Labute approximate surface area is 145 Å². The molecule has 0 radical (unpaired) electrons. The monoisotopic (exact) mass is 352 g/mol. The highest BCUT2D eigenvalue weighted by atomic mass is 35.5.